The highest BCUT2D eigenvalue weighted by Crippen LogP contribution is 2.26. The summed E-state index contributed by atoms with van der Waals surface area (Å²) in [6.07, 6.45) is 3.73. The highest BCUT2D eigenvalue weighted by molar-refractivity contribution is 7.91. The minimum absolute atomic E-state index is 0.0865. The lowest BCUT2D eigenvalue weighted by Gasteiger charge is -2.18. The largest absolute Gasteiger partial charge is 0.480 e. The topological polar surface area (TPSA) is 118 Å². The zero-order chi connectivity index (χ0) is 17.8. The van der Waals surface area contributed by atoms with E-state index in [9.17, 15) is 26.7 Å². The number of rotatable bonds is 8. The van der Waals surface area contributed by atoms with Crippen LogP contribution >= 0.6 is 0 Å². The van der Waals surface area contributed by atoms with Crippen LogP contribution in [0.3, 0.4) is 0 Å². The highest BCUT2D eigenvalue weighted by atomic mass is 32.2. The number of nitrogens with one attached hydrogen (secondary N) is 1. The van der Waals surface area contributed by atoms with Crippen molar-refractivity contribution in [3.8, 4) is 0 Å². The van der Waals surface area contributed by atoms with Crippen LogP contribution in [0, 0.1) is 0 Å². The van der Waals surface area contributed by atoms with Crippen molar-refractivity contribution in [1.29, 1.82) is 0 Å². The van der Waals surface area contributed by atoms with Gasteiger partial charge in [0.2, 0.25) is 0 Å². The number of unbranched alkanes of at least 4 members (excludes halogenated alkanes) is 1. The van der Waals surface area contributed by atoms with Gasteiger partial charge in [-0.2, -0.15) is 0 Å². The number of carbonyl (C=O) groups is 1. The molecule has 0 amide bonds. The Morgan fingerprint density at radius 3 is 2.22 bits per heavy atom. The van der Waals surface area contributed by atoms with Gasteiger partial charge in [-0.15, -0.1) is 0 Å². The molecule has 23 heavy (non-hydrogen) atoms. The fourth-order valence-corrected chi connectivity index (χ4v) is 3.60. The third-order valence-corrected chi connectivity index (χ3v) is 5.50. The van der Waals surface area contributed by atoms with Crippen molar-refractivity contribution in [3.63, 3.8) is 0 Å². The quantitative estimate of drug-likeness (QED) is 0.719. The van der Waals surface area contributed by atoms with E-state index in [1.165, 1.54) is 12.1 Å². The summed E-state index contributed by atoms with van der Waals surface area (Å²) in [7, 11) is -7.30. The summed E-state index contributed by atoms with van der Waals surface area (Å²) in [6.45, 7) is 1.92. The van der Waals surface area contributed by atoms with Gasteiger partial charge >= 0.3 is 5.97 Å². The molecular weight excluding hydrogens is 342 g/mol. The minimum atomic E-state index is -3.73. The van der Waals surface area contributed by atoms with E-state index in [-0.39, 0.29) is 15.5 Å². The van der Waals surface area contributed by atoms with E-state index in [1.54, 1.807) is 0 Å². The summed E-state index contributed by atoms with van der Waals surface area (Å²) in [5.74, 6) is -1.09. The van der Waals surface area contributed by atoms with Gasteiger partial charge in [-0.25, -0.2) is 21.6 Å². The Bertz CT molecular complexity index is 783. The molecule has 1 rings (SSSR count). The molecule has 130 valence electrons. The number of carboxylic acids is 1. The second-order valence-electron chi connectivity index (χ2n) is 5.38. The van der Waals surface area contributed by atoms with E-state index in [0.29, 0.717) is 12.8 Å². The van der Waals surface area contributed by atoms with E-state index in [1.807, 2.05) is 6.92 Å². The monoisotopic (exact) mass is 363 g/mol. The maximum atomic E-state index is 11.9. The van der Waals surface area contributed by atoms with Crippen LogP contribution in [0.4, 0.5) is 5.69 Å². The van der Waals surface area contributed by atoms with Crippen molar-refractivity contribution >= 4 is 31.3 Å². The van der Waals surface area contributed by atoms with Gasteiger partial charge in [0.25, 0.3) is 0 Å². The van der Waals surface area contributed by atoms with Crippen LogP contribution in [0.15, 0.2) is 28.0 Å². The van der Waals surface area contributed by atoms with Crippen LogP contribution in [0.2, 0.25) is 0 Å². The number of hydrogen-bond acceptors (Lipinski definition) is 6. The van der Waals surface area contributed by atoms with Crippen molar-refractivity contribution in [2.45, 2.75) is 42.0 Å². The SMILES string of the molecule is CCCCC(Nc1ccc(S(C)(=O)=O)cc1S(C)(=O)=O)C(=O)O. The molecule has 0 aliphatic carbocycles. The Kier molecular flexibility index (Phi) is 6.18. The predicted octanol–water partition coefficient (Wildman–Crippen LogP) is 1.55. The molecule has 9 heteroatoms. The van der Waals surface area contributed by atoms with E-state index >= 15 is 0 Å². The summed E-state index contributed by atoms with van der Waals surface area (Å²) in [5, 5.41) is 11.9. The lowest BCUT2D eigenvalue weighted by atomic mass is 10.1. The van der Waals surface area contributed by atoms with Gasteiger partial charge in [0.15, 0.2) is 19.7 Å². The number of anilines is 1. The first kappa shape index (κ1) is 19.4. The summed E-state index contributed by atoms with van der Waals surface area (Å²) < 4.78 is 47.0. The molecule has 0 fully saturated rings. The number of carboxylic acid groups (broad SMARTS) is 1. The molecule has 0 aliphatic heterocycles. The van der Waals surface area contributed by atoms with Crippen LogP contribution in [-0.4, -0.2) is 46.5 Å². The molecule has 0 spiro atoms. The van der Waals surface area contributed by atoms with Crippen molar-refractivity contribution in [2.75, 3.05) is 17.8 Å². The van der Waals surface area contributed by atoms with Gasteiger partial charge in [0.05, 0.1) is 15.5 Å². The second kappa shape index (κ2) is 7.31. The first-order valence-corrected chi connectivity index (χ1v) is 10.8. The zero-order valence-corrected chi connectivity index (χ0v) is 14.9. The average molecular weight is 363 g/mol. The molecule has 2 N–H and O–H groups in total. The number of sulfone groups is 2. The van der Waals surface area contributed by atoms with Crippen molar-refractivity contribution in [3.05, 3.63) is 18.2 Å². The molecular formula is C14H21NO6S2. The van der Waals surface area contributed by atoms with Gasteiger partial charge in [-0.05, 0) is 24.6 Å². The molecule has 0 aromatic heterocycles. The first-order chi connectivity index (χ1) is 10.5. The number of benzene rings is 1. The van der Waals surface area contributed by atoms with Gasteiger partial charge in [0.1, 0.15) is 6.04 Å². The molecule has 0 aliphatic rings. The third kappa shape index (κ3) is 5.51. The summed E-state index contributed by atoms with van der Waals surface area (Å²) in [4.78, 5) is 10.9. The number of aliphatic carboxylic acids is 1. The van der Waals surface area contributed by atoms with E-state index in [2.05, 4.69) is 5.32 Å². The molecule has 0 bridgehead atoms. The lowest BCUT2D eigenvalue weighted by Crippen LogP contribution is -2.29. The summed E-state index contributed by atoms with van der Waals surface area (Å²) in [6, 6.07) is 2.64. The van der Waals surface area contributed by atoms with Gasteiger partial charge < -0.3 is 10.4 Å². The Morgan fingerprint density at radius 1 is 1.17 bits per heavy atom. The molecule has 1 aromatic rings. The maximum Gasteiger partial charge on any atom is 0.326 e. The minimum Gasteiger partial charge on any atom is -0.480 e. The molecule has 7 nitrogen and oxygen atoms in total. The van der Waals surface area contributed by atoms with Gasteiger partial charge in [-0.3, -0.25) is 0 Å². The fourth-order valence-electron chi connectivity index (χ4n) is 2.01. The van der Waals surface area contributed by atoms with Gasteiger partial charge in [0, 0.05) is 12.5 Å². The summed E-state index contributed by atoms with van der Waals surface area (Å²) >= 11 is 0. The average Bonchev–Trinajstić information content (AvgIpc) is 2.40. The van der Waals surface area contributed by atoms with Crippen LogP contribution < -0.4 is 5.32 Å². The third-order valence-electron chi connectivity index (χ3n) is 3.25. The Morgan fingerprint density at radius 2 is 1.78 bits per heavy atom. The maximum absolute atomic E-state index is 11.9. The van der Waals surface area contributed by atoms with Crippen LogP contribution in [0.1, 0.15) is 26.2 Å². The first-order valence-electron chi connectivity index (χ1n) is 7.00. The van der Waals surface area contributed by atoms with E-state index < -0.39 is 31.7 Å². The Hall–Kier alpha value is -1.61. The Balaban J connectivity index is 3.33. The molecule has 1 unspecified atom stereocenters. The molecule has 0 saturated carbocycles. The molecule has 0 saturated heterocycles. The van der Waals surface area contributed by atoms with Crippen LogP contribution in [0.25, 0.3) is 0 Å². The highest BCUT2D eigenvalue weighted by Gasteiger charge is 2.22. The van der Waals surface area contributed by atoms with Crippen molar-refractivity contribution in [2.24, 2.45) is 0 Å². The van der Waals surface area contributed by atoms with Crippen LogP contribution in [0.5, 0.6) is 0 Å². The zero-order valence-electron chi connectivity index (χ0n) is 13.2. The molecule has 0 radical (unpaired) electrons. The number of hydrogen-bond donors (Lipinski definition) is 2. The smallest absolute Gasteiger partial charge is 0.326 e. The van der Waals surface area contributed by atoms with Gasteiger partial charge in [-0.1, -0.05) is 19.8 Å². The van der Waals surface area contributed by atoms with Crippen molar-refractivity contribution in [1.82, 2.24) is 0 Å². The second-order valence-corrected chi connectivity index (χ2v) is 9.38. The van der Waals surface area contributed by atoms with Crippen LogP contribution in [-0.2, 0) is 24.5 Å². The molecule has 0 heterocycles. The predicted molar refractivity (Wildman–Crippen MR) is 87.2 cm³/mol. The molecule has 1 atom stereocenters. The lowest BCUT2D eigenvalue weighted by molar-refractivity contribution is -0.138. The van der Waals surface area contributed by atoms with Crippen molar-refractivity contribution < 1.29 is 26.7 Å². The van der Waals surface area contributed by atoms with E-state index in [0.717, 1.165) is 25.0 Å². The normalized spacial score (nSPS) is 13.5. The Labute approximate surface area is 136 Å². The van der Waals surface area contributed by atoms with E-state index in [4.69, 9.17) is 0 Å². The fraction of sp³-hybridized carbons (Fsp3) is 0.500. The standard InChI is InChI=1S/C14H21NO6S2/c1-4-5-6-12(14(16)17)15-11-8-7-10(22(2,18)19)9-13(11)23(3,20)21/h7-9,12,15H,4-6H2,1-3H3,(H,16,17). The summed E-state index contributed by atoms with van der Waals surface area (Å²) in [5.41, 5.74) is 0.0865. The molecule has 1 aromatic carbocycles.